The number of carbonyl (C=O) groups excluding carboxylic acids is 2. The summed E-state index contributed by atoms with van der Waals surface area (Å²) in [7, 11) is 0. The Morgan fingerprint density at radius 1 is 1.22 bits per heavy atom. The van der Waals surface area contributed by atoms with E-state index >= 15 is 0 Å². The Bertz CT molecular complexity index is 472. The molecule has 4 heteroatoms. The van der Waals surface area contributed by atoms with Gasteiger partial charge in [-0.1, -0.05) is 23.7 Å². The van der Waals surface area contributed by atoms with Gasteiger partial charge in [-0.2, -0.15) is 0 Å². The van der Waals surface area contributed by atoms with Crippen molar-refractivity contribution < 1.29 is 14.3 Å². The first-order valence-corrected chi connectivity index (χ1v) is 5.97. The third-order valence-corrected chi connectivity index (χ3v) is 2.37. The van der Waals surface area contributed by atoms with E-state index in [1.54, 1.807) is 38.1 Å². The first-order valence-electron chi connectivity index (χ1n) is 5.59. The molecule has 3 nitrogen and oxygen atoms in total. The maximum Gasteiger partial charge on any atom is 0.342 e. The Hall–Kier alpha value is -1.61. The summed E-state index contributed by atoms with van der Waals surface area (Å²) in [6.45, 7) is 4.80. The first-order chi connectivity index (χ1) is 8.40. The highest BCUT2D eigenvalue weighted by molar-refractivity contribution is 6.30. The molecule has 0 unspecified atom stereocenters. The van der Waals surface area contributed by atoms with Crippen LogP contribution in [0.25, 0.3) is 6.08 Å². The predicted octanol–water partition coefficient (Wildman–Crippen LogP) is 3.26. The van der Waals surface area contributed by atoms with Crippen LogP contribution in [-0.2, 0) is 14.3 Å². The smallest absolute Gasteiger partial charge is 0.342 e. The lowest BCUT2D eigenvalue weighted by Crippen LogP contribution is -2.17. The van der Waals surface area contributed by atoms with E-state index in [1.807, 2.05) is 0 Å². The fraction of sp³-hybridized carbons (Fsp3) is 0.286. The molecule has 0 aliphatic heterocycles. The summed E-state index contributed by atoms with van der Waals surface area (Å²) in [6.07, 6.45) is 1.24. The third kappa shape index (κ3) is 4.34. The molecule has 0 saturated carbocycles. The molecule has 1 aromatic carbocycles. The first kappa shape index (κ1) is 14.5. The number of esters is 1. The van der Waals surface area contributed by atoms with Gasteiger partial charge in [0.2, 0.25) is 0 Å². The van der Waals surface area contributed by atoms with Gasteiger partial charge in [0.25, 0.3) is 0 Å². The maximum absolute atomic E-state index is 11.7. The second-order valence-electron chi connectivity index (χ2n) is 4.12. The zero-order valence-electron chi connectivity index (χ0n) is 10.6. The van der Waals surface area contributed by atoms with E-state index in [0.29, 0.717) is 5.02 Å². The standard InChI is InChI=1S/C14H15ClO3/c1-9(2)18-14(17)13(10(3)16)8-11-4-6-12(15)7-5-11/h4-9H,1-3H3/b13-8+. The minimum atomic E-state index is -0.604. The fourth-order valence-corrected chi connectivity index (χ4v) is 1.43. The zero-order chi connectivity index (χ0) is 13.7. The van der Waals surface area contributed by atoms with Crippen LogP contribution in [0.3, 0.4) is 0 Å². The van der Waals surface area contributed by atoms with Crippen LogP contribution in [0.2, 0.25) is 5.02 Å². The van der Waals surface area contributed by atoms with Crippen LogP contribution in [0.4, 0.5) is 0 Å². The van der Waals surface area contributed by atoms with Crippen LogP contribution in [0.15, 0.2) is 29.8 Å². The van der Waals surface area contributed by atoms with Crippen LogP contribution in [-0.4, -0.2) is 17.9 Å². The molecule has 0 N–H and O–H groups in total. The van der Waals surface area contributed by atoms with Gasteiger partial charge < -0.3 is 4.74 Å². The van der Waals surface area contributed by atoms with Gasteiger partial charge in [0.15, 0.2) is 5.78 Å². The highest BCUT2D eigenvalue weighted by atomic mass is 35.5. The van der Waals surface area contributed by atoms with Crippen LogP contribution in [0.5, 0.6) is 0 Å². The molecule has 96 valence electrons. The molecule has 1 aromatic rings. The monoisotopic (exact) mass is 266 g/mol. The van der Waals surface area contributed by atoms with Crippen molar-refractivity contribution in [2.45, 2.75) is 26.9 Å². The second-order valence-corrected chi connectivity index (χ2v) is 4.56. The van der Waals surface area contributed by atoms with Crippen molar-refractivity contribution in [3.05, 3.63) is 40.4 Å². The van der Waals surface area contributed by atoms with E-state index in [-0.39, 0.29) is 17.5 Å². The molecule has 0 aliphatic rings. The summed E-state index contributed by atoms with van der Waals surface area (Å²) >= 11 is 5.76. The SMILES string of the molecule is CC(=O)/C(=C\c1ccc(Cl)cc1)C(=O)OC(C)C. The summed E-state index contributed by atoms with van der Waals surface area (Å²) in [4.78, 5) is 23.2. The van der Waals surface area contributed by atoms with E-state index in [4.69, 9.17) is 16.3 Å². The zero-order valence-corrected chi connectivity index (χ0v) is 11.3. The molecule has 0 atom stereocenters. The number of ketones is 1. The van der Waals surface area contributed by atoms with Gasteiger partial charge >= 0.3 is 5.97 Å². The van der Waals surface area contributed by atoms with Gasteiger partial charge in [-0.15, -0.1) is 0 Å². The van der Waals surface area contributed by atoms with Gasteiger partial charge in [0.05, 0.1) is 6.10 Å². The fourth-order valence-electron chi connectivity index (χ4n) is 1.31. The number of carbonyl (C=O) groups is 2. The average Bonchev–Trinajstić information content (AvgIpc) is 2.26. The van der Waals surface area contributed by atoms with Gasteiger partial charge in [-0.25, -0.2) is 4.79 Å². The number of ether oxygens (including phenoxy) is 1. The summed E-state index contributed by atoms with van der Waals surface area (Å²) < 4.78 is 5.02. The van der Waals surface area contributed by atoms with Crippen molar-refractivity contribution in [3.8, 4) is 0 Å². The van der Waals surface area contributed by atoms with Gasteiger partial charge in [-0.05, 0) is 44.5 Å². The molecular weight excluding hydrogens is 252 g/mol. The molecule has 0 aromatic heterocycles. The normalized spacial score (nSPS) is 11.5. The van der Waals surface area contributed by atoms with E-state index in [1.165, 1.54) is 13.0 Å². The lowest BCUT2D eigenvalue weighted by Gasteiger charge is -2.09. The molecule has 0 bridgehead atoms. The summed E-state index contributed by atoms with van der Waals surface area (Å²) in [6, 6.07) is 6.85. The van der Waals surface area contributed by atoms with Crippen molar-refractivity contribution in [2.75, 3.05) is 0 Å². The van der Waals surface area contributed by atoms with E-state index in [9.17, 15) is 9.59 Å². The van der Waals surface area contributed by atoms with E-state index < -0.39 is 5.97 Å². The number of hydrogen-bond donors (Lipinski definition) is 0. The number of halogens is 1. The predicted molar refractivity (Wildman–Crippen MR) is 71.3 cm³/mol. The van der Waals surface area contributed by atoms with Gasteiger partial charge in [0, 0.05) is 5.02 Å². The van der Waals surface area contributed by atoms with Crippen molar-refractivity contribution >= 4 is 29.4 Å². The average molecular weight is 267 g/mol. The Morgan fingerprint density at radius 3 is 2.22 bits per heavy atom. The van der Waals surface area contributed by atoms with Crippen molar-refractivity contribution in [1.82, 2.24) is 0 Å². The number of hydrogen-bond acceptors (Lipinski definition) is 3. The Balaban J connectivity index is 3.01. The summed E-state index contributed by atoms with van der Waals surface area (Å²) in [5.41, 5.74) is 0.760. The van der Waals surface area contributed by atoms with Crippen LogP contribution in [0, 0.1) is 0 Å². The lowest BCUT2D eigenvalue weighted by molar-refractivity contribution is -0.143. The van der Waals surface area contributed by atoms with Crippen molar-refractivity contribution in [3.63, 3.8) is 0 Å². The molecule has 0 heterocycles. The van der Waals surface area contributed by atoms with Crippen molar-refractivity contribution in [2.24, 2.45) is 0 Å². The highest BCUT2D eigenvalue weighted by Crippen LogP contribution is 2.14. The Morgan fingerprint density at radius 2 is 1.78 bits per heavy atom. The van der Waals surface area contributed by atoms with Crippen LogP contribution in [0.1, 0.15) is 26.3 Å². The second kappa shape index (κ2) is 6.36. The number of benzene rings is 1. The number of Topliss-reactive ketones (excluding diaryl/α,β-unsaturated/α-hetero) is 1. The highest BCUT2D eigenvalue weighted by Gasteiger charge is 2.17. The van der Waals surface area contributed by atoms with E-state index in [0.717, 1.165) is 5.56 Å². The quantitative estimate of drug-likeness (QED) is 0.364. The number of rotatable bonds is 4. The summed E-state index contributed by atoms with van der Waals surface area (Å²) in [5, 5.41) is 0.598. The van der Waals surface area contributed by atoms with Crippen LogP contribution < -0.4 is 0 Å². The molecule has 0 radical (unpaired) electrons. The Kier molecular flexibility index (Phi) is 5.10. The van der Waals surface area contributed by atoms with Gasteiger partial charge in [-0.3, -0.25) is 4.79 Å². The van der Waals surface area contributed by atoms with Crippen LogP contribution >= 0.6 is 11.6 Å². The molecule has 0 saturated heterocycles. The largest absolute Gasteiger partial charge is 0.459 e. The molecular formula is C14H15ClO3. The summed E-state index contributed by atoms with van der Waals surface area (Å²) in [5.74, 6) is -0.928. The molecule has 0 spiro atoms. The minimum absolute atomic E-state index is 0.0334. The molecule has 1 rings (SSSR count). The molecule has 18 heavy (non-hydrogen) atoms. The molecule has 0 aliphatic carbocycles. The van der Waals surface area contributed by atoms with E-state index in [2.05, 4.69) is 0 Å². The molecule has 0 fully saturated rings. The maximum atomic E-state index is 11.7. The lowest BCUT2D eigenvalue weighted by atomic mass is 10.1. The van der Waals surface area contributed by atoms with Gasteiger partial charge in [0.1, 0.15) is 5.57 Å². The third-order valence-electron chi connectivity index (χ3n) is 2.12. The topological polar surface area (TPSA) is 43.4 Å². The molecule has 0 amide bonds. The van der Waals surface area contributed by atoms with Crippen molar-refractivity contribution in [1.29, 1.82) is 0 Å². The minimum Gasteiger partial charge on any atom is -0.459 e. The Labute approximate surface area is 111 Å².